The average Bonchev–Trinajstić information content (AvgIpc) is 3.33. The molecule has 2 heterocycles. The van der Waals surface area contributed by atoms with E-state index in [9.17, 15) is 14.7 Å². The number of ketones is 1. The van der Waals surface area contributed by atoms with Crippen LogP contribution in [0.4, 0.5) is 0 Å². The molecule has 0 saturated carbocycles. The molecule has 2 aromatic rings. The molecule has 6 heteroatoms. The molecule has 1 atom stereocenters. The van der Waals surface area contributed by atoms with Crippen LogP contribution in [0, 0.1) is 0 Å². The lowest BCUT2D eigenvalue weighted by Gasteiger charge is -2.27. The zero-order chi connectivity index (χ0) is 21.8. The Morgan fingerprint density at radius 1 is 1.17 bits per heavy atom. The Morgan fingerprint density at radius 2 is 1.87 bits per heavy atom. The number of carbonyl (C=O) groups excluding carboxylic acids is 2. The van der Waals surface area contributed by atoms with Gasteiger partial charge in [-0.3, -0.25) is 9.59 Å². The van der Waals surface area contributed by atoms with Crippen LogP contribution in [0.1, 0.15) is 66.9 Å². The van der Waals surface area contributed by atoms with E-state index in [-0.39, 0.29) is 17.5 Å². The van der Waals surface area contributed by atoms with Crippen molar-refractivity contribution < 1.29 is 19.4 Å². The number of hydrogen-bond acceptors (Lipinski definition) is 5. The number of aliphatic hydroxyl groups is 1. The summed E-state index contributed by atoms with van der Waals surface area (Å²) in [4.78, 5) is 28.2. The first-order chi connectivity index (χ1) is 14.3. The maximum Gasteiger partial charge on any atom is 0.290 e. The fraction of sp³-hybridized carbons (Fsp3) is 0.417. The van der Waals surface area contributed by atoms with Crippen LogP contribution in [-0.2, 0) is 9.53 Å². The Labute approximate surface area is 182 Å². The van der Waals surface area contributed by atoms with Gasteiger partial charge >= 0.3 is 0 Å². The van der Waals surface area contributed by atoms with Gasteiger partial charge in [0.05, 0.1) is 22.6 Å². The summed E-state index contributed by atoms with van der Waals surface area (Å²) >= 11 is 1.31. The molecular formula is C24H29NO4S. The van der Waals surface area contributed by atoms with Crippen LogP contribution < -0.4 is 0 Å². The summed E-state index contributed by atoms with van der Waals surface area (Å²) in [6, 6.07) is 10.8. The predicted molar refractivity (Wildman–Crippen MR) is 119 cm³/mol. The molecule has 0 aliphatic carbocycles. The highest BCUT2D eigenvalue weighted by Crippen LogP contribution is 2.39. The summed E-state index contributed by atoms with van der Waals surface area (Å²) in [6.07, 6.45) is 0.735. The molecule has 0 saturated heterocycles. The maximum absolute atomic E-state index is 13.2. The van der Waals surface area contributed by atoms with Crippen LogP contribution in [0.5, 0.6) is 0 Å². The molecule has 1 aliphatic heterocycles. The third kappa shape index (κ3) is 4.65. The summed E-state index contributed by atoms with van der Waals surface area (Å²) in [5.74, 6) is -0.868. The van der Waals surface area contributed by atoms with Gasteiger partial charge in [0.25, 0.3) is 5.91 Å². The third-order valence-corrected chi connectivity index (χ3v) is 6.08. The molecule has 160 valence electrons. The van der Waals surface area contributed by atoms with Crippen LogP contribution in [0.2, 0.25) is 0 Å². The first-order valence-electron chi connectivity index (χ1n) is 10.3. The minimum absolute atomic E-state index is 0.112. The minimum Gasteiger partial charge on any atom is -0.503 e. The van der Waals surface area contributed by atoms with Crippen LogP contribution in [0.3, 0.4) is 0 Å². The highest BCUT2D eigenvalue weighted by molar-refractivity contribution is 7.12. The summed E-state index contributed by atoms with van der Waals surface area (Å²) in [6.45, 7) is 9.07. The number of benzene rings is 1. The van der Waals surface area contributed by atoms with Gasteiger partial charge in [0.15, 0.2) is 5.76 Å². The molecule has 1 amide bonds. The number of ether oxygens (including phenoxy) is 1. The van der Waals surface area contributed by atoms with Gasteiger partial charge in [0.2, 0.25) is 5.78 Å². The van der Waals surface area contributed by atoms with Crippen molar-refractivity contribution >= 4 is 23.0 Å². The number of amides is 1. The van der Waals surface area contributed by atoms with Gasteiger partial charge < -0.3 is 14.7 Å². The fourth-order valence-electron chi connectivity index (χ4n) is 3.62. The quantitative estimate of drug-likeness (QED) is 0.438. The topological polar surface area (TPSA) is 66.8 Å². The average molecular weight is 428 g/mol. The number of hydrogen-bond donors (Lipinski definition) is 1. The molecule has 0 unspecified atom stereocenters. The lowest BCUT2D eigenvalue weighted by Crippen LogP contribution is -2.32. The summed E-state index contributed by atoms with van der Waals surface area (Å²) < 4.78 is 5.60. The zero-order valence-electron chi connectivity index (χ0n) is 17.9. The molecule has 0 fully saturated rings. The van der Waals surface area contributed by atoms with E-state index >= 15 is 0 Å². The molecule has 3 rings (SSSR count). The third-order valence-electron chi connectivity index (χ3n) is 5.21. The van der Waals surface area contributed by atoms with Crippen LogP contribution >= 0.6 is 11.3 Å². The highest BCUT2D eigenvalue weighted by Gasteiger charge is 2.43. The standard InChI is InChI=1S/C24H29NO4S/c1-15(2)17-8-10-18(11-9-17)21-20(22(26)19-7-5-14-30-19)23(27)24(28)25(21)12-6-13-29-16(3)4/h5,7-11,14-16,21,27H,6,12-13H2,1-4H3/t21-/m1/s1. The molecule has 5 nitrogen and oxygen atoms in total. The van der Waals surface area contributed by atoms with E-state index in [0.717, 1.165) is 5.56 Å². The second-order valence-corrected chi connectivity index (χ2v) is 9.01. The van der Waals surface area contributed by atoms with Crippen LogP contribution in [0.15, 0.2) is 53.1 Å². The van der Waals surface area contributed by atoms with Crippen molar-refractivity contribution in [1.29, 1.82) is 0 Å². The first-order valence-corrected chi connectivity index (χ1v) is 11.2. The molecule has 0 spiro atoms. The second kappa shape index (κ2) is 9.58. The van der Waals surface area contributed by atoms with Crippen molar-refractivity contribution in [3.63, 3.8) is 0 Å². The Bertz CT molecular complexity index is 913. The molecule has 1 aromatic carbocycles. The maximum atomic E-state index is 13.2. The van der Waals surface area contributed by atoms with Gasteiger partial charge in [-0.1, -0.05) is 44.2 Å². The van der Waals surface area contributed by atoms with Crippen molar-refractivity contribution in [2.24, 2.45) is 0 Å². The fourth-order valence-corrected chi connectivity index (χ4v) is 4.30. The molecule has 1 aliphatic rings. The molecular weight excluding hydrogens is 398 g/mol. The van der Waals surface area contributed by atoms with E-state index in [1.165, 1.54) is 16.9 Å². The molecule has 0 radical (unpaired) electrons. The van der Waals surface area contributed by atoms with Crippen molar-refractivity contribution in [3.05, 3.63) is 69.1 Å². The van der Waals surface area contributed by atoms with Gasteiger partial charge in [-0.15, -0.1) is 11.3 Å². The van der Waals surface area contributed by atoms with E-state index < -0.39 is 17.7 Å². The Kier molecular flexibility index (Phi) is 7.10. The Balaban J connectivity index is 1.94. The number of aliphatic hydroxyl groups excluding tert-OH is 1. The SMILES string of the molecule is CC(C)OCCCN1C(=O)C(O)=C(C(=O)c2cccs2)[C@H]1c1ccc(C(C)C)cc1. The Morgan fingerprint density at radius 3 is 2.43 bits per heavy atom. The van der Waals surface area contributed by atoms with Crippen LogP contribution in [0.25, 0.3) is 0 Å². The zero-order valence-corrected chi connectivity index (χ0v) is 18.7. The van der Waals surface area contributed by atoms with Gasteiger partial charge in [-0.25, -0.2) is 0 Å². The van der Waals surface area contributed by atoms with E-state index in [4.69, 9.17) is 4.74 Å². The molecule has 1 N–H and O–H groups in total. The van der Waals surface area contributed by atoms with Crippen LogP contribution in [-0.4, -0.2) is 41.0 Å². The number of nitrogens with zero attached hydrogens (tertiary/aromatic N) is 1. The van der Waals surface area contributed by atoms with Crippen molar-refractivity contribution in [1.82, 2.24) is 4.90 Å². The summed E-state index contributed by atoms with van der Waals surface area (Å²) in [7, 11) is 0. The van der Waals surface area contributed by atoms with E-state index in [2.05, 4.69) is 13.8 Å². The normalized spacial score (nSPS) is 16.9. The largest absolute Gasteiger partial charge is 0.503 e. The van der Waals surface area contributed by atoms with Crippen molar-refractivity contribution in [2.45, 2.75) is 52.2 Å². The predicted octanol–water partition coefficient (Wildman–Crippen LogP) is 5.26. The number of thiophene rings is 1. The van der Waals surface area contributed by atoms with E-state index in [0.29, 0.717) is 30.4 Å². The van der Waals surface area contributed by atoms with Gasteiger partial charge in [0, 0.05) is 13.2 Å². The summed E-state index contributed by atoms with van der Waals surface area (Å²) in [5, 5.41) is 12.5. The number of carbonyl (C=O) groups is 2. The molecule has 1 aromatic heterocycles. The molecule has 30 heavy (non-hydrogen) atoms. The highest BCUT2D eigenvalue weighted by atomic mass is 32.1. The van der Waals surface area contributed by atoms with Gasteiger partial charge in [-0.05, 0) is 48.8 Å². The van der Waals surface area contributed by atoms with E-state index in [1.807, 2.05) is 43.5 Å². The lowest BCUT2D eigenvalue weighted by molar-refractivity contribution is -0.129. The number of Topliss-reactive ketones (excluding diaryl/α,β-unsaturated/α-hetero) is 1. The molecule has 0 bridgehead atoms. The minimum atomic E-state index is -0.604. The smallest absolute Gasteiger partial charge is 0.290 e. The van der Waals surface area contributed by atoms with Gasteiger partial charge in [-0.2, -0.15) is 0 Å². The van der Waals surface area contributed by atoms with Gasteiger partial charge in [0.1, 0.15) is 0 Å². The second-order valence-electron chi connectivity index (χ2n) is 8.06. The first kappa shape index (κ1) is 22.2. The summed E-state index contributed by atoms with van der Waals surface area (Å²) in [5.41, 5.74) is 2.16. The van der Waals surface area contributed by atoms with E-state index in [1.54, 1.807) is 17.0 Å². The monoisotopic (exact) mass is 427 g/mol. The van der Waals surface area contributed by atoms with Crippen molar-refractivity contribution in [2.75, 3.05) is 13.2 Å². The number of rotatable bonds is 9. The van der Waals surface area contributed by atoms with Crippen molar-refractivity contribution in [3.8, 4) is 0 Å². The Hall–Kier alpha value is -2.44. The lowest BCUT2D eigenvalue weighted by atomic mass is 9.93.